The van der Waals surface area contributed by atoms with Crippen LogP contribution in [-0.2, 0) is 0 Å². The summed E-state index contributed by atoms with van der Waals surface area (Å²) < 4.78 is 0. The number of nitrogens with zero attached hydrogens (tertiary/aromatic N) is 2. The second-order valence-corrected chi connectivity index (χ2v) is 5.01. The summed E-state index contributed by atoms with van der Waals surface area (Å²) in [5.74, 6) is 0.0292. The van der Waals surface area contributed by atoms with E-state index < -0.39 is 0 Å². The zero-order valence-corrected chi connectivity index (χ0v) is 12.9. The van der Waals surface area contributed by atoms with Crippen molar-refractivity contribution in [1.82, 2.24) is 9.80 Å². The van der Waals surface area contributed by atoms with Crippen LogP contribution in [0.3, 0.4) is 0 Å². The van der Waals surface area contributed by atoms with Gasteiger partial charge in [-0.2, -0.15) is 0 Å². The minimum absolute atomic E-state index is 0.0292. The summed E-state index contributed by atoms with van der Waals surface area (Å²) >= 11 is 0. The molecule has 0 bridgehead atoms. The number of nitrogens with one attached hydrogen (secondary N) is 1. The summed E-state index contributed by atoms with van der Waals surface area (Å²) in [4.78, 5) is 16.1. The van der Waals surface area contributed by atoms with Crippen LogP contribution >= 0.6 is 0 Å². The number of amides is 1. The Morgan fingerprint density at radius 1 is 1.25 bits per heavy atom. The van der Waals surface area contributed by atoms with Crippen LogP contribution < -0.4 is 11.1 Å². The summed E-state index contributed by atoms with van der Waals surface area (Å²) in [5.41, 5.74) is 8.15. The molecule has 1 amide bonds. The Labute approximate surface area is 121 Å². The Kier molecular flexibility index (Phi) is 6.31. The fourth-order valence-electron chi connectivity index (χ4n) is 1.96. The van der Waals surface area contributed by atoms with Gasteiger partial charge in [-0.15, -0.1) is 0 Å². The van der Waals surface area contributed by atoms with Crippen LogP contribution in [0.25, 0.3) is 0 Å². The first-order valence-corrected chi connectivity index (χ1v) is 7.07. The number of carbonyl (C=O) groups is 1. The number of likely N-dealkylation sites (N-methyl/N-ethyl adjacent to an activating group) is 1. The van der Waals surface area contributed by atoms with E-state index >= 15 is 0 Å². The molecule has 1 aromatic rings. The molecule has 1 rings (SSSR count). The Bertz CT molecular complexity index is 441. The average molecular weight is 278 g/mol. The standard InChI is InChI=1S/C15H26N4O/c1-5-19(6-2)15(20)12-7-8-14(13(16)11-12)17-9-10-18(3)4/h7-8,11,17H,5-6,9-10,16H2,1-4H3. The largest absolute Gasteiger partial charge is 0.397 e. The van der Waals surface area contributed by atoms with Crippen LogP contribution in [0.1, 0.15) is 24.2 Å². The number of benzene rings is 1. The van der Waals surface area contributed by atoms with E-state index in [0.717, 1.165) is 18.8 Å². The number of rotatable bonds is 7. The maximum Gasteiger partial charge on any atom is 0.253 e. The highest BCUT2D eigenvalue weighted by atomic mass is 16.2. The lowest BCUT2D eigenvalue weighted by Gasteiger charge is -2.19. The third-order valence-corrected chi connectivity index (χ3v) is 3.22. The molecule has 5 heteroatoms. The van der Waals surface area contributed by atoms with Crippen LogP contribution in [-0.4, -0.2) is 56.0 Å². The minimum atomic E-state index is 0.0292. The van der Waals surface area contributed by atoms with Crippen molar-refractivity contribution in [1.29, 1.82) is 0 Å². The van der Waals surface area contributed by atoms with Crippen molar-refractivity contribution in [2.45, 2.75) is 13.8 Å². The molecule has 5 nitrogen and oxygen atoms in total. The molecular weight excluding hydrogens is 252 g/mol. The van der Waals surface area contributed by atoms with Crippen LogP contribution in [0.15, 0.2) is 18.2 Å². The van der Waals surface area contributed by atoms with Crippen molar-refractivity contribution >= 4 is 17.3 Å². The number of anilines is 2. The van der Waals surface area contributed by atoms with Crippen LogP contribution in [0.2, 0.25) is 0 Å². The highest BCUT2D eigenvalue weighted by molar-refractivity contribution is 5.96. The quantitative estimate of drug-likeness (QED) is 0.746. The van der Waals surface area contributed by atoms with Gasteiger partial charge in [0.05, 0.1) is 11.4 Å². The lowest BCUT2D eigenvalue weighted by Crippen LogP contribution is -2.30. The molecule has 0 heterocycles. The van der Waals surface area contributed by atoms with Gasteiger partial charge in [0.2, 0.25) is 0 Å². The molecule has 0 fully saturated rings. The van der Waals surface area contributed by atoms with Gasteiger partial charge < -0.3 is 20.9 Å². The molecule has 0 aliphatic heterocycles. The molecule has 0 aliphatic carbocycles. The maximum atomic E-state index is 12.2. The van der Waals surface area contributed by atoms with Gasteiger partial charge in [-0.3, -0.25) is 4.79 Å². The summed E-state index contributed by atoms with van der Waals surface area (Å²) in [5, 5.41) is 3.28. The minimum Gasteiger partial charge on any atom is -0.397 e. The number of nitrogens with two attached hydrogens (primary N) is 1. The van der Waals surface area contributed by atoms with E-state index in [1.165, 1.54) is 0 Å². The Morgan fingerprint density at radius 2 is 1.90 bits per heavy atom. The second kappa shape index (κ2) is 7.75. The fraction of sp³-hybridized carbons (Fsp3) is 0.533. The molecule has 0 aromatic heterocycles. The normalized spacial score (nSPS) is 10.7. The smallest absolute Gasteiger partial charge is 0.253 e. The lowest BCUT2D eigenvalue weighted by atomic mass is 10.1. The SMILES string of the molecule is CCN(CC)C(=O)c1ccc(NCCN(C)C)c(N)c1. The van der Waals surface area contributed by atoms with Gasteiger partial charge in [-0.1, -0.05) is 0 Å². The summed E-state index contributed by atoms with van der Waals surface area (Å²) in [6.45, 7) is 7.11. The molecule has 1 aromatic carbocycles. The first-order valence-electron chi connectivity index (χ1n) is 7.07. The van der Waals surface area contributed by atoms with Crippen molar-refractivity contribution in [3.05, 3.63) is 23.8 Å². The fourth-order valence-corrected chi connectivity index (χ4v) is 1.96. The Hall–Kier alpha value is -1.75. The first kappa shape index (κ1) is 16.3. The number of nitrogen functional groups attached to an aromatic ring is 1. The van der Waals surface area contributed by atoms with E-state index in [-0.39, 0.29) is 5.91 Å². The third-order valence-electron chi connectivity index (χ3n) is 3.22. The maximum absolute atomic E-state index is 12.2. The monoisotopic (exact) mass is 278 g/mol. The Balaban J connectivity index is 2.74. The van der Waals surface area contributed by atoms with Crippen molar-refractivity contribution in [2.24, 2.45) is 0 Å². The van der Waals surface area contributed by atoms with E-state index in [0.29, 0.717) is 24.3 Å². The van der Waals surface area contributed by atoms with Gasteiger partial charge in [-0.25, -0.2) is 0 Å². The van der Waals surface area contributed by atoms with E-state index in [9.17, 15) is 4.79 Å². The predicted octanol–water partition coefficient (Wildman–Crippen LogP) is 1.72. The zero-order chi connectivity index (χ0) is 15.1. The molecule has 20 heavy (non-hydrogen) atoms. The topological polar surface area (TPSA) is 61.6 Å². The number of carbonyl (C=O) groups excluding carboxylic acids is 1. The van der Waals surface area contributed by atoms with Crippen molar-refractivity contribution in [3.63, 3.8) is 0 Å². The molecule has 112 valence electrons. The number of hydrogen-bond donors (Lipinski definition) is 2. The summed E-state index contributed by atoms with van der Waals surface area (Å²) in [6, 6.07) is 5.45. The third kappa shape index (κ3) is 4.42. The lowest BCUT2D eigenvalue weighted by molar-refractivity contribution is 0.0773. The average Bonchev–Trinajstić information content (AvgIpc) is 2.41. The van der Waals surface area contributed by atoms with Crippen molar-refractivity contribution in [3.8, 4) is 0 Å². The van der Waals surface area contributed by atoms with E-state index in [4.69, 9.17) is 5.73 Å². The van der Waals surface area contributed by atoms with Crippen LogP contribution in [0.4, 0.5) is 11.4 Å². The van der Waals surface area contributed by atoms with Crippen molar-refractivity contribution in [2.75, 3.05) is 51.3 Å². The van der Waals surface area contributed by atoms with E-state index in [1.54, 1.807) is 11.0 Å². The van der Waals surface area contributed by atoms with Gasteiger partial charge in [-0.05, 0) is 46.1 Å². The van der Waals surface area contributed by atoms with Crippen LogP contribution in [0.5, 0.6) is 0 Å². The van der Waals surface area contributed by atoms with Gasteiger partial charge in [0.25, 0.3) is 5.91 Å². The van der Waals surface area contributed by atoms with Gasteiger partial charge in [0.1, 0.15) is 0 Å². The molecule has 0 spiro atoms. The Morgan fingerprint density at radius 3 is 2.40 bits per heavy atom. The molecule has 0 unspecified atom stereocenters. The molecule has 0 aliphatic rings. The predicted molar refractivity (Wildman–Crippen MR) is 85.1 cm³/mol. The molecule has 0 radical (unpaired) electrons. The van der Waals surface area contributed by atoms with Gasteiger partial charge >= 0.3 is 0 Å². The van der Waals surface area contributed by atoms with Crippen LogP contribution in [0, 0.1) is 0 Å². The van der Waals surface area contributed by atoms with E-state index in [1.807, 2.05) is 40.1 Å². The highest BCUT2D eigenvalue weighted by Gasteiger charge is 2.13. The van der Waals surface area contributed by atoms with Gasteiger partial charge in [0.15, 0.2) is 0 Å². The molecule has 0 atom stereocenters. The number of hydrogen-bond acceptors (Lipinski definition) is 4. The molecule has 0 saturated carbocycles. The van der Waals surface area contributed by atoms with Crippen molar-refractivity contribution < 1.29 is 4.79 Å². The second-order valence-electron chi connectivity index (χ2n) is 5.01. The summed E-state index contributed by atoms with van der Waals surface area (Å²) in [6.07, 6.45) is 0. The van der Waals surface area contributed by atoms with Gasteiger partial charge in [0, 0.05) is 31.7 Å². The highest BCUT2D eigenvalue weighted by Crippen LogP contribution is 2.20. The zero-order valence-electron chi connectivity index (χ0n) is 12.9. The molecule has 0 saturated heterocycles. The molecule has 3 N–H and O–H groups in total. The summed E-state index contributed by atoms with van der Waals surface area (Å²) in [7, 11) is 4.05. The van der Waals surface area contributed by atoms with E-state index in [2.05, 4.69) is 10.2 Å². The first-order chi connectivity index (χ1) is 9.49. The molecular formula is C15H26N4O.